The maximum atomic E-state index is 12.0. The molecular formula is C16H19N5O3. The molecule has 0 radical (unpaired) electrons. The highest BCUT2D eigenvalue weighted by Gasteiger charge is 2.41. The molecule has 1 aliphatic rings. The van der Waals surface area contributed by atoms with Gasteiger partial charge in [0.25, 0.3) is 5.91 Å². The van der Waals surface area contributed by atoms with E-state index in [9.17, 15) is 14.4 Å². The number of amides is 4. The maximum Gasteiger partial charge on any atom is 0.326 e. The van der Waals surface area contributed by atoms with Gasteiger partial charge in [0.15, 0.2) is 0 Å². The van der Waals surface area contributed by atoms with Crippen molar-refractivity contribution < 1.29 is 14.4 Å². The summed E-state index contributed by atoms with van der Waals surface area (Å²) in [6, 6.07) is 6.60. The lowest BCUT2D eigenvalue weighted by atomic mass is 10.2. The van der Waals surface area contributed by atoms with Crippen LogP contribution in [0.3, 0.4) is 0 Å². The van der Waals surface area contributed by atoms with E-state index < -0.39 is 6.04 Å². The molecule has 24 heavy (non-hydrogen) atoms. The van der Waals surface area contributed by atoms with Crippen LogP contribution in [0, 0.1) is 0 Å². The monoisotopic (exact) mass is 329 g/mol. The van der Waals surface area contributed by atoms with Gasteiger partial charge in [-0.05, 0) is 12.1 Å². The van der Waals surface area contributed by atoms with Crippen LogP contribution in [-0.2, 0) is 16.0 Å². The largest absolute Gasteiger partial charge is 0.356 e. The first-order valence-electron chi connectivity index (χ1n) is 7.72. The fourth-order valence-corrected chi connectivity index (χ4v) is 2.77. The third-order valence-electron chi connectivity index (χ3n) is 4.17. The Morgan fingerprint density at radius 3 is 2.71 bits per heavy atom. The molecule has 126 valence electrons. The lowest BCUT2D eigenvalue weighted by Gasteiger charge is -2.15. The number of rotatable bonds is 5. The molecule has 2 heterocycles. The van der Waals surface area contributed by atoms with Gasteiger partial charge >= 0.3 is 6.03 Å². The molecule has 1 aromatic carbocycles. The normalized spacial score (nSPS) is 17.8. The smallest absolute Gasteiger partial charge is 0.326 e. The number of imide groups is 1. The summed E-state index contributed by atoms with van der Waals surface area (Å²) in [7, 11) is 2.94. The number of aromatic amines is 1. The summed E-state index contributed by atoms with van der Waals surface area (Å²) in [5.41, 5.74) is 1.84. The van der Waals surface area contributed by atoms with Crippen molar-refractivity contribution in [2.24, 2.45) is 0 Å². The molecule has 8 nitrogen and oxygen atoms in total. The molecule has 0 saturated carbocycles. The van der Waals surface area contributed by atoms with E-state index in [1.54, 1.807) is 0 Å². The molecule has 8 heteroatoms. The van der Waals surface area contributed by atoms with E-state index in [0.717, 1.165) is 21.8 Å². The number of fused-ring (bicyclic) bond motifs is 1. The van der Waals surface area contributed by atoms with Crippen molar-refractivity contribution in [1.82, 2.24) is 25.1 Å². The highest BCUT2D eigenvalue weighted by molar-refractivity contribution is 6.05. The Bertz CT molecular complexity index is 767. The van der Waals surface area contributed by atoms with Crippen LogP contribution in [0.5, 0.6) is 0 Å². The summed E-state index contributed by atoms with van der Waals surface area (Å²) >= 11 is 0. The van der Waals surface area contributed by atoms with Crippen LogP contribution in [0.25, 0.3) is 11.0 Å². The summed E-state index contributed by atoms with van der Waals surface area (Å²) in [6.07, 6.45) is 0.527. The minimum absolute atomic E-state index is 0.0362. The van der Waals surface area contributed by atoms with Gasteiger partial charge in [-0.15, -0.1) is 0 Å². The quantitative estimate of drug-likeness (QED) is 0.781. The molecule has 0 aliphatic carbocycles. The Kier molecular flexibility index (Phi) is 4.20. The first kappa shape index (κ1) is 16.0. The molecular weight excluding hydrogens is 310 g/mol. The van der Waals surface area contributed by atoms with E-state index in [1.807, 2.05) is 24.3 Å². The number of aromatic nitrogens is 2. The Labute approximate surface area is 138 Å². The van der Waals surface area contributed by atoms with Crippen LogP contribution in [0.2, 0.25) is 0 Å². The minimum Gasteiger partial charge on any atom is -0.356 e. The number of nitrogens with zero attached hydrogens (tertiary/aromatic N) is 3. The number of imidazole rings is 1. The van der Waals surface area contributed by atoms with Crippen LogP contribution in [0.1, 0.15) is 12.2 Å². The molecule has 0 spiro atoms. The summed E-state index contributed by atoms with van der Waals surface area (Å²) in [6.45, 7) is 0.410. The zero-order valence-corrected chi connectivity index (χ0v) is 13.6. The SMILES string of the molecule is CN1C(=O)C(CC(=O)NCCc2nc3ccccc3[nH]2)N(C)C1=O. The Hall–Kier alpha value is -2.90. The number of para-hydroxylation sites is 2. The average Bonchev–Trinajstić information content (AvgIpc) is 3.06. The Balaban J connectivity index is 1.51. The number of hydrogen-bond donors (Lipinski definition) is 2. The number of carbonyl (C=O) groups is 3. The summed E-state index contributed by atoms with van der Waals surface area (Å²) in [4.78, 5) is 45.6. The summed E-state index contributed by atoms with van der Waals surface area (Å²) < 4.78 is 0. The van der Waals surface area contributed by atoms with Crippen LogP contribution in [-0.4, -0.2) is 64.3 Å². The van der Waals surface area contributed by atoms with Crippen LogP contribution in [0.4, 0.5) is 4.79 Å². The second-order valence-electron chi connectivity index (χ2n) is 5.81. The van der Waals surface area contributed by atoms with E-state index in [1.165, 1.54) is 19.0 Å². The second kappa shape index (κ2) is 6.31. The van der Waals surface area contributed by atoms with E-state index >= 15 is 0 Å². The molecule has 2 N–H and O–H groups in total. The van der Waals surface area contributed by atoms with Gasteiger partial charge in [-0.1, -0.05) is 12.1 Å². The lowest BCUT2D eigenvalue weighted by Crippen LogP contribution is -2.38. The molecule has 1 saturated heterocycles. The standard InChI is InChI=1S/C16H19N5O3/c1-20-12(15(23)21(2)16(20)24)9-14(22)17-8-7-13-18-10-5-3-4-6-11(10)19-13/h3-6,12H,7-9H2,1-2H3,(H,17,22)(H,18,19). The average molecular weight is 329 g/mol. The molecule has 1 aromatic heterocycles. The van der Waals surface area contributed by atoms with Crippen molar-refractivity contribution in [3.05, 3.63) is 30.1 Å². The minimum atomic E-state index is -0.728. The van der Waals surface area contributed by atoms with E-state index in [2.05, 4.69) is 15.3 Å². The molecule has 4 amide bonds. The summed E-state index contributed by atoms with van der Waals surface area (Å²) in [5.74, 6) is 0.176. The summed E-state index contributed by atoms with van der Waals surface area (Å²) in [5, 5.41) is 2.77. The third kappa shape index (κ3) is 2.94. The Morgan fingerprint density at radius 1 is 1.29 bits per heavy atom. The molecule has 1 aliphatic heterocycles. The first-order chi connectivity index (χ1) is 11.5. The number of nitrogens with one attached hydrogen (secondary N) is 2. The van der Waals surface area contributed by atoms with E-state index in [-0.39, 0.29) is 24.3 Å². The topological polar surface area (TPSA) is 98.4 Å². The first-order valence-corrected chi connectivity index (χ1v) is 7.72. The van der Waals surface area contributed by atoms with Crippen LogP contribution >= 0.6 is 0 Å². The molecule has 0 bridgehead atoms. The van der Waals surface area contributed by atoms with Crippen LogP contribution < -0.4 is 5.32 Å². The number of hydrogen-bond acceptors (Lipinski definition) is 4. The molecule has 1 atom stereocenters. The van der Waals surface area contributed by atoms with Gasteiger partial charge in [0.2, 0.25) is 5.91 Å². The highest BCUT2D eigenvalue weighted by atomic mass is 16.2. The van der Waals surface area contributed by atoms with Crippen molar-refractivity contribution in [3.63, 3.8) is 0 Å². The van der Waals surface area contributed by atoms with Crippen molar-refractivity contribution >= 4 is 28.9 Å². The van der Waals surface area contributed by atoms with Gasteiger partial charge in [-0.3, -0.25) is 14.5 Å². The highest BCUT2D eigenvalue weighted by Crippen LogP contribution is 2.16. The fraction of sp³-hybridized carbons (Fsp3) is 0.375. The van der Waals surface area contributed by atoms with E-state index in [4.69, 9.17) is 0 Å². The lowest BCUT2D eigenvalue weighted by molar-refractivity contribution is -0.131. The van der Waals surface area contributed by atoms with Crippen molar-refractivity contribution in [3.8, 4) is 0 Å². The van der Waals surface area contributed by atoms with Gasteiger partial charge in [0.1, 0.15) is 11.9 Å². The van der Waals surface area contributed by atoms with Crippen molar-refractivity contribution in [2.45, 2.75) is 18.9 Å². The number of likely N-dealkylation sites (N-methyl/N-ethyl adjacent to an activating group) is 2. The zero-order chi connectivity index (χ0) is 17.3. The van der Waals surface area contributed by atoms with Gasteiger partial charge in [0.05, 0.1) is 17.5 Å². The predicted molar refractivity (Wildman–Crippen MR) is 87.1 cm³/mol. The molecule has 1 unspecified atom stereocenters. The molecule has 3 rings (SSSR count). The molecule has 1 fully saturated rings. The van der Waals surface area contributed by atoms with Crippen LogP contribution in [0.15, 0.2) is 24.3 Å². The van der Waals surface area contributed by atoms with Gasteiger partial charge in [0, 0.05) is 27.1 Å². The second-order valence-corrected chi connectivity index (χ2v) is 5.81. The van der Waals surface area contributed by atoms with E-state index in [0.29, 0.717) is 13.0 Å². The number of carbonyl (C=O) groups excluding carboxylic acids is 3. The zero-order valence-electron chi connectivity index (χ0n) is 13.6. The maximum absolute atomic E-state index is 12.0. The molecule has 2 aromatic rings. The number of urea groups is 1. The Morgan fingerprint density at radius 2 is 2.04 bits per heavy atom. The van der Waals surface area contributed by atoms with Gasteiger partial charge < -0.3 is 15.2 Å². The fourth-order valence-electron chi connectivity index (χ4n) is 2.77. The van der Waals surface area contributed by atoms with Crippen molar-refractivity contribution in [2.75, 3.05) is 20.6 Å². The van der Waals surface area contributed by atoms with Gasteiger partial charge in [-0.25, -0.2) is 9.78 Å². The third-order valence-corrected chi connectivity index (χ3v) is 4.17. The van der Waals surface area contributed by atoms with Gasteiger partial charge in [-0.2, -0.15) is 0 Å². The predicted octanol–water partition coefficient (Wildman–Crippen LogP) is 0.504. The number of H-pyrrole nitrogens is 1. The number of benzene rings is 1. The van der Waals surface area contributed by atoms with Crippen molar-refractivity contribution in [1.29, 1.82) is 0 Å².